The van der Waals surface area contributed by atoms with Crippen molar-refractivity contribution in [2.45, 2.75) is 58.9 Å². The third kappa shape index (κ3) is 3.84. The molecule has 0 spiro atoms. The summed E-state index contributed by atoms with van der Waals surface area (Å²) in [5.74, 6) is 0. The molecule has 1 aliphatic carbocycles. The molecule has 0 bridgehead atoms. The molecule has 1 unspecified atom stereocenters. The Bertz CT molecular complexity index is 362. The normalized spacial score (nSPS) is 18.6. The number of hydrogen-bond acceptors (Lipinski definition) is 1. The van der Waals surface area contributed by atoms with Crippen LogP contribution in [0.5, 0.6) is 0 Å². The Morgan fingerprint density at radius 1 is 1.22 bits per heavy atom. The van der Waals surface area contributed by atoms with E-state index in [4.69, 9.17) is 0 Å². The van der Waals surface area contributed by atoms with Crippen LogP contribution in [0, 0.1) is 5.41 Å². The summed E-state index contributed by atoms with van der Waals surface area (Å²) in [6, 6.07) is 9.64. The predicted molar refractivity (Wildman–Crippen MR) is 78.8 cm³/mol. The lowest BCUT2D eigenvalue weighted by molar-refractivity contribution is 0.457. The van der Waals surface area contributed by atoms with Crippen LogP contribution in [0.2, 0.25) is 0 Å². The Morgan fingerprint density at radius 2 is 1.89 bits per heavy atom. The molecule has 0 saturated heterocycles. The molecule has 0 aliphatic heterocycles. The van der Waals surface area contributed by atoms with E-state index in [1.165, 1.54) is 43.2 Å². The van der Waals surface area contributed by atoms with Gasteiger partial charge in [-0.1, -0.05) is 44.5 Å². The molecular formula is C17H27N. The average Bonchev–Trinajstić information content (AvgIpc) is 3.13. The topological polar surface area (TPSA) is 12.0 Å². The highest BCUT2D eigenvalue weighted by molar-refractivity contribution is 5.24. The van der Waals surface area contributed by atoms with E-state index >= 15 is 0 Å². The van der Waals surface area contributed by atoms with Gasteiger partial charge in [0.2, 0.25) is 0 Å². The lowest BCUT2D eigenvalue weighted by Gasteiger charge is -2.17. The van der Waals surface area contributed by atoms with Gasteiger partial charge < -0.3 is 5.32 Å². The molecule has 2 rings (SSSR count). The van der Waals surface area contributed by atoms with Crippen LogP contribution in [-0.4, -0.2) is 6.54 Å². The first-order chi connectivity index (χ1) is 8.63. The first-order valence-corrected chi connectivity index (χ1v) is 7.45. The summed E-state index contributed by atoms with van der Waals surface area (Å²) in [5.41, 5.74) is 3.48. The molecule has 1 aromatic carbocycles. The average molecular weight is 245 g/mol. The standard InChI is InChI=1S/C17H27N/c1-4-5-6-15-7-9-16(10-8-15)14(2)18-13-17(3)11-12-17/h7-10,14,18H,4-6,11-13H2,1-3H3. The molecule has 1 aliphatic rings. The largest absolute Gasteiger partial charge is 0.310 e. The van der Waals surface area contributed by atoms with E-state index in [1.54, 1.807) is 0 Å². The van der Waals surface area contributed by atoms with Gasteiger partial charge in [-0.15, -0.1) is 0 Å². The van der Waals surface area contributed by atoms with Crippen molar-refractivity contribution in [2.75, 3.05) is 6.54 Å². The molecule has 1 atom stereocenters. The zero-order chi connectivity index (χ0) is 13.0. The Balaban J connectivity index is 1.83. The number of nitrogens with one attached hydrogen (secondary N) is 1. The van der Waals surface area contributed by atoms with Gasteiger partial charge in [-0.25, -0.2) is 0 Å². The molecule has 1 saturated carbocycles. The fraction of sp³-hybridized carbons (Fsp3) is 0.647. The Labute approximate surface area is 112 Å². The lowest BCUT2D eigenvalue weighted by atomic mass is 10.0. The van der Waals surface area contributed by atoms with E-state index < -0.39 is 0 Å². The van der Waals surface area contributed by atoms with Gasteiger partial charge in [0.15, 0.2) is 0 Å². The number of benzene rings is 1. The van der Waals surface area contributed by atoms with E-state index in [-0.39, 0.29) is 0 Å². The summed E-state index contributed by atoms with van der Waals surface area (Å²) >= 11 is 0. The van der Waals surface area contributed by atoms with Gasteiger partial charge in [-0.2, -0.15) is 0 Å². The van der Waals surface area contributed by atoms with Crippen LogP contribution in [0.1, 0.15) is 63.6 Å². The highest BCUT2D eigenvalue weighted by Gasteiger charge is 2.36. The Hall–Kier alpha value is -0.820. The zero-order valence-corrected chi connectivity index (χ0v) is 12.1. The minimum absolute atomic E-state index is 0.475. The van der Waals surface area contributed by atoms with Crippen LogP contribution in [0.3, 0.4) is 0 Å². The highest BCUT2D eigenvalue weighted by Crippen LogP contribution is 2.44. The zero-order valence-electron chi connectivity index (χ0n) is 12.1. The first-order valence-electron chi connectivity index (χ1n) is 7.45. The monoisotopic (exact) mass is 245 g/mol. The van der Waals surface area contributed by atoms with Gasteiger partial charge in [0, 0.05) is 12.6 Å². The molecule has 18 heavy (non-hydrogen) atoms. The summed E-state index contributed by atoms with van der Waals surface area (Å²) in [4.78, 5) is 0. The molecular weight excluding hydrogens is 218 g/mol. The second-order valence-electron chi connectivity index (χ2n) is 6.26. The van der Waals surface area contributed by atoms with E-state index in [1.807, 2.05) is 0 Å². The maximum atomic E-state index is 3.66. The molecule has 1 aromatic rings. The second-order valence-corrected chi connectivity index (χ2v) is 6.26. The molecule has 0 radical (unpaired) electrons. The van der Waals surface area contributed by atoms with Gasteiger partial charge in [-0.3, -0.25) is 0 Å². The number of aryl methyl sites for hydroxylation is 1. The van der Waals surface area contributed by atoms with Crippen LogP contribution >= 0.6 is 0 Å². The van der Waals surface area contributed by atoms with E-state index in [2.05, 4.69) is 50.4 Å². The fourth-order valence-electron chi connectivity index (χ4n) is 2.26. The molecule has 1 heteroatoms. The van der Waals surface area contributed by atoms with Crippen molar-refractivity contribution in [2.24, 2.45) is 5.41 Å². The minimum Gasteiger partial charge on any atom is -0.310 e. The van der Waals surface area contributed by atoms with Crippen molar-refractivity contribution in [3.8, 4) is 0 Å². The lowest BCUT2D eigenvalue weighted by Crippen LogP contribution is -2.25. The van der Waals surface area contributed by atoms with Crippen molar-refractivity contribution >= 4 is 0 Å². The van der Waals surface area contributed by atoms with Gasteiger partial charge in [-0.05, 0) is 49.1 Å². The summed E-state index contributed by atoms with van der Waals surface area (Å²) < 4.78 is 0. The van der Waals surface area contributed by atoms with Crippen LogP contribution < -0.4 is 5.32 Å². The van der Waals surface area contributed by atoms with Crippen LogP contribution in [0.15, 0.2) is 24.3 Å². The second kappa shape index (κ2) is 5.88. The molecule has 0 heterocycles. The van der Waals surface area contributed by atoms with Gasteiger partial charge >= 0.3 is 0 Å². The van der Waals surface area contributed by atoms with Crippen molar-refractivity contribution in [1.29, 1.82) is 0 Å². The maximum Gasteiger partial charge on any atom is 0.0292 e. The molecule has 0 amide bonds. The molecule has 1 nitrogen and oxygen atoms in total. The first kappa shape index (κ1) is 13.6. The highest BCUT2D eigenvalue weighted by atomic mass is 14.9. The van der Waals surface area contributed by atoms with Crippen molar-refractivity contribution in [1.82, 2.24) is 5.32 Å². The molecule has 100 valence electrons. The Kier molecular flexibility index (Phi) is 4.45. The van der Waals surface area contributed by atoms with Crippen molar-refractivity contribution in [3.05, 3.63) is 35.4 Å². The number of rotatable bonds is 7. The summed E-state index contributed by atoms with van der Waals surface area (Å²) in [6.45, 7) is 8.05. The Morgan fingerprint density at radius 3 is 2.44 bits per heavy atom. The third-order valence-corrected chi connectivity index (χ3v) is 4.24. The predicted octanol–water partition coefficient (Wildman–Crippen LogP) is 4.48. The van der Waals surface area contributed by atoms with Gasteiger partial charge in [0.25, 0.3) is 0 Å². The van der Waals surface area contributed by atoms with Gasteiger partial charge in [0.1, 0.15) is 0 Å². The van der Waals surface area contributed by atoms with Crippen LogP contribution in [-0.2, 0) is 6.42 Å². The smallest absolute Gasteiger partial charge is 0.0292 e. The minimum atomic E-state index is 0.475. The quantitative estimate of drug-likeness (QED) is 0.747. The fourth-order valence-corrected chi connectivity index (χ4v) is 2.26. The molecule has 0 aromatic heterocycles. The maximum absolute atomic E-state index is 3.66. The summed E-state index contributed by atoms with van der Waals surface area (Å²) in [5, 5.41) is 3.66. The summed E-state index contributed by atoms with van der Waals surface area (Å²) in [7, 11) is 0. The number of unbranched alkanes of at least 4 members (excludes halogenated alkanes) is 1. The molecule has 1 fully saturated rings. The van der Waals surface area contributed by atoms with E-state index in [0.717, 1.165) is 6.54 Å². The van der Waals surface area contributed by atoms with Gasteiger partial charge in [0.05, 0.1) is 0 Å². The van der Waals surface area contributed by atoms with E-state index in [0.29, 0.717) is 11.5 Å². The van der Waals surface area contributed by atoms with Crippen molar-refractivity contribution < 1.29 is 0 Å². The van der Waals surface area contributed by atoms with Crippen LogP contribution in [0.4, 0.5) is 0 Å². The van der Waals surface area contributed by atoms with E-state index in [9.17, 15) is 0 Å². The van der Waals surface area contributed by atoms with Crippen LogP contribution in [0.25, 0.3) is 0 Å². The SMILES string of the molecule is CCCCc1ccc(C(C)NCC2(C)CC2)cc1. The van der Waals surface area contributed by atoms with Crippen molar-refractivity contribution in [3.63, 3.8) is 0 Å². The number of hydrogen-bond donors (Lipinski definition) is 1. The third-order valence-electron chi connectivity index (χ3n) is 4.24. The molecule has 1 N–H and O–H groups in total. The summed E-state index contributed by atoms with van der Waals surface area (Å²) in [6.07, 6.45) is 6.58.